The quantitative estimate of drug-likeness (QED) is 0.0561. The lowest BCUT2D eigenvalue weighted by molar-refractivity contribution is 0.302. The lowest BCUT2D eigenvalue weighted by Gasteiger charge is -2.51. The molecule has 0 aliphatic rings. The molecule has 1 aromatic heterocycles. The Morgan fingerprint density at radius 3 is 1.24 bits per heavy atom. The fraction of sp³-hybridized carbons (Fsp3) is 0.250. The van der Waals surface area contributed by atoms with Gasteiger partial charge in [0.25, 0.3) is 0 Å². The van der Waals surface area contributed by atoms with Crippen LogP contribution in [-0.2, 0) is 22.9 Å². The van der Waals surface area contributed by atoms with Crippen molar-refractivity contribution in [3.8, 4) is 39.1 Å². The second kappa shape index (κ2) is 28.6. The highest BCUT2D eigenvalue weighted by Gasteiger charge is 2.44. The van der Waals surface area contributed by atoms with Gasteiger partial charge in [-0.15, -0.1) is 0 Å². The summed E-state index contributed by atoms with van der Waals surface area (Å²) in [5, 5.41) is 2.47. The van der Waals surface area contributed by atoms with Crippen LogP contribution in [0.1, 0.15) is 145 Å². The molecule has 12 aromatic carbocycles. The number of unbranched alkanes of at least 4 members (excludes halogenated alkanes) is 5. The molecule has 0 radical (unpaired) electrons. The van der Waals surface area contributed by atoms with Crippen molar-refractivity contribution >= 4 is 55.9 Å². The normalized spacial score (nSPS) is 12.1. The SMILES string of the molecule is CCCCCCCCc1ccc(N(c2ccc(-c3ccc(N(c4ccc5c(c4)c4ccccc4n5-c4ccccc4)C(C)(C)c4ccccc4)cc3C)c(C)c2)C(C)(C)C(C)(C)c2ccc(-c3cc(C)c(-c4ccc(C(C)(C)N(c5ccccc5)c5ccccc5)cc4)cc3C)cc2)cc1. The zero-order chi connectivity index (χ0) is 69.9. The molecular weight excluding hydrogens is 1210 g/mol. The van der Waals surface area contributed by atoms with E-state index in [0.717, 1.165) is 23.5 Å². The van der Waals surface area contributed by atoms with Crippen LogP contribution in [0.5, 0.6) is 0 Å². The van der Waals surface area contributed by atoms with Crippen molar-refractivity contribution in [2.75, 3.05) is 14.7 Å². The molecule has 0 bridgehead atoms. The summed E-state index contributed by atoms with van der Waals surface area (Å²) in [5.74, 6) is 0. The van der Waals surface area contributed by atoms with Gasteiger partial charge < -0.3 is 19.3 Å². The van der Waals surface area contributed by atoms with Crippen molar-refractivity contribution in [1.29, 1.82) is 0 Å². The van der Waals surface area contributed by atoms with Crippen LogP contribution in [0.4, 0.5) is 34.1 Å². The number of aryl methyl sites for hydroxylation is 5. The molecule has 0 aliphatic carbocycles. The maximum Gasteiger partial charge on any atom is 0.0646 e. The highest BCUT2D eigenvalue weighted by atomic mass is 15.2. The molecule has 13 rings (SSSR count). The molecule has 13 aromatic rings. The lowest BCUT2D eigenvalue weighted by Crippen LogP contribution is -2.54. The highest BCUT2D eigenvalue weighted by Crippen LogP contribution is 2.49. The van der Waals surface area contributed by atoms with Gasteiger partial charge in [0.2, 0.25) is 0 Å². The Bertz CT molecular complexity index is 4900. The third kappa shape index (κ3) is 13.3. The van der Waals surface area contributed by atoms with Crippen molar-refractivity contribution in [1.82, 2.24) is 4.57 Å². The van der Waals surface area contributed by atoms with E-state index in [1.54, 1.807) is 0 Å². The Morgan fingerprint density at radius 2 is 0.700 bits per heavy atom. The first kappa shape index (κ1) is 68.4. The van der Waals surface area contributed by atoms with E-state index in [9.17, 15) is 0 Å². The average molecular weight is 1310 g/mol. The van der Waals surface area contributed by atoms with Gasteiger partial charge in [-0.3, -0.25) is 0 Å². The van der Waals surface area contributed by atoms with Crippen LogP contribution in [0.15, 0.2) is 285 Å². The topological polar surface area (TPSA) is 14.7 Å². The molecule has 100 heavy (non-hydrogen) atoms. The van der Waals surface area contributed by atoms with Gasteiger partial charge in [0, 0.05) is 61.5 Å². The molecular formula is C96H100N4. The van der Waals surface area contributed by atoms with Crippen molar-refractivity contribution < 1.29 is 0 Å². The molecule has 0 amide bonds. The van der Waals surface area contributed by atoms with Crippen LogP contribution in [-0.4, -0.2) is 10.1 Å². The summed E-state index contributed by atoms with van der Waals surface area (Å²) >= 11 is 0. The van der Waals surface area contributed by atoms with Gasteiger partial charge in [0.05, 0.1) is 22.1 Å². The van der Waals surface area contributed by atoms with E-state index in [-0.39, 0.29) is 11.0 Å². The van der Waals surface area contributed by atoms with Crippen molar-refractivity contribution in [2.24, 2.45) is 0 Å². The maximum atomic E-state index is 2.63. The summed E-state index contributed by atoms with van der Waals surface area (Å²) in [7, 11) is 0. The summed E-state index contributed by atoms with van der Waals surface area (Å²) < 4.78 is 2.40. The largest absolute Gasteiger partial charge is 0.335 e. The van der Waals surface area contributed by atoms with Gasteiger partial charge >= 0.3 is 0 Å². The van der Waals surface area contributed by atoms with Gasteiger partial charge in [0.1, 0.15) is 0 Å². The van der Waals surface area contributed by atoms with Crippen LogP contribution in [0.25, 0.3) is 60.9 Å². The van der Waals surface area contributed by atoms with Crippen LogP contribution >= 0.6 is 0 Å². The van der Waals surface area contributed by atoms with Crippen LogP contribution in [0.3, 0.4) is 0 Å². The van der Waals surface area contributed by atoms with Gasteiger partial charge in [-0.2, -0.15) is 0 Å². The number of rotatable bonds is 24. The number of para-hydroxylation sites is 4. The minimum Gasteiger partial charge on any atom is -0.335 e. The molecule has 0 N–H and O–H groups in total. The number of fused-ring (bicyclic) bond motifs is 3. The molecule has 4 heteroatoms. The third-order valence-electron chi connectivity index (χ3n) is 22.3. The molecule has 0 aliphatic heterocycles. The standard InChI is InChI=1S/C96H100N4/c1-14-15-16-17-18-23-34-72-45-55-81(56-46-72)100(96(12,13)93(6,7)75-51-47-73(48-52-75)88-65-71(5)89(66-70(88)4)74-49-53-77(54-50-74)95(10,11)98(79-39-28-21-29-40-79)80-41-30-22-31-42-80)83-58-61-86(69(3)64-83)85-60-57-82(63-68(85)2)99(94(8,9)76-35-24-19-25-36-76)84-59-62-92-90(67-84)87-43-32-33-44-91(87)97(92)78-37-26-20-27-38-78/h19-22,24-33,35-67H,14-18,23,34H2,1-13H3. The number of hydrogen-bond acceptors (Lipinski definition) is 3. The zero-order valence-corrected chi connectivity index (χ0v) is 61.4. The zero-order valence-electron chi connectivity index (χ0n) is 61.4. The molecule has 0 saturated carbocycles. The Morgan fingerprint density at radius 1 is 0.300 bits per heavy atom. The Balaban J connectivity index is 0.803. The van der Waals surface area contributed by atoms with Crippen molar-refractivity contribution in [3.05, 3.63) is 330 Å². The Kier molecular flexibility index (Phi) is 19.5. The van der Waals surface area contributed by atoms with E-state index in [2.05, 4.69) is 394 Å². The van der Waals surface area contributed by atoms with E-state index < -0.39 is 11.1 Å². The molecule has 1 heterocycles. The van der Waals surface area contributed by atoms with Gasteiger partial charge in [-0.1, -0.05) is 241 Å². The van der Waals surface area contributed by atoms with E-state index >= 15 is 0 Å². The number of anilines is 6. The first-order valence-electron chi connectivity index (χ1n) is 36.5. The van der Waals surface area contributed by atoms with Gasteiger partial charge in [-0.05, 0) is 257 Å². The molecule has 0 atom stereocenters. The minimum atomic E-state index is -0.411. The summed E-state index contributed by atoms with van der Waals surface area (Å²) in [4.78, 5) is 7.62. The maximum absolute atomic E-state index is 2.63. The highest BCUT2D eigenvalue weighted by molar-refractivity contribution is 6.10. The first-order chi connectivity index (χ1) is 48.3. The molecule has 4 nitrogen and oxygen atoms in total. The second-order valence-corrected chi connectivity index (χ2v) is 30.1. The Hall–Kier alpha value is -10.2. The second-order valence-electron chi connectivity index (χ2n) is 30.1. The predicted octanol–water partition coefficient (Wildman–Crippen LogP) is 27.0. The van der Waals surface area contributed by atoms with E-state index in [4.69, 9.17) is 0 Å². The summed E-state index contributed by atoms with van der Waals surface area (Å²) in [6.07, 6.45) is 8.87. The predicted molar refractivity (Wildman–Crippen MR) is 431 cm³/mol. The van der Waals surface area contributed by atoms with Gasteiger partial charge in [0.15, 0.2) is 0 Å². The summed E-state index contributed by atoms with van der Waals surface area (Å²) in [6, 6.07) is 106. The summed E-state index contributed by atoms with van der Waals surface area (Å²) in [5.41, 5.74) is 26.8. The average Bonchev–Trinajstić information content (AvgIpc) is 1.03. The van der Waals surface area contributed by atoms with E-state index in [1.165, 1.54) is 161 Å². The molecule has 504 valence electrons. The smallest absolute Gasteiger partial charge is 0.0646 e. The molecule has 0 spiro atoms. The fourth-order valence-corrected chi connectivity index (χ4v) is 15.9. The number of benzene rings is 12. The molecule has 0 fully saturated rings. The van der Waals surface area contributed by atoms with Crippen LogP contribution < -0.4 is 14.7 Å². The van der Waals surface area contributed by atoms with E-state index in [0.29, 0.717) is 0 Å². The number of nitrogens with zero attached hydrogens (tertiary/aromatic N) is 4. The molecule has 0 saturated heterocycles. The third-order valence-corrected chi connectivity index (χ3v) is 22.3. The first-order valence-corrected chi connectivity index (χ1v) is 36.5. The van der Waals surface area contributed by atoms with Crippen molar-refractivity contribution in [3.63, 3.8) is 0 Å². The van der Waals surface area contributed by atoms with E-state index in [1.807, 2.05) is 0 Å². The minimum absolute atomic E-state index is 0.318. The monoisotopic (exact) mass is 1310 g/mol. The fourth-order valence-electron chi connectivity index (χ4n) is 15.9. The number of aromatic nitrogens is 1. The number of hydrogen-bond donors (Lipinski definition) is 0. The molecule has 0 unspecified atom stereocenters. The summed E-state index contributed by atoms with van der Waals surface area (Å²) in [6.45, 7) is 30.5. The van der Waals surface area contributed by atoms with Crippen LogP contribution in [0.2, 0.25) is 0 Å². The van der Waals surface area contributed by atoms with Crippen molar-refractivity contribution in [2.45, 2.75) is 157 Å². The van der Waals surface area contributed by atoms with Gasteiger partial charge in [-0.25, -0.2) is 0 Å². The Labute approximate surface area is 597 Å². The lowest BCUT2D eigenvalue weighted by atomic mass is 9.68. The van der Waals surface area contributed by atoms with Crippen LogP contribution in [0, 0.1) is 27.7 Å².